The second-order valence-electron chi connectivity index (χ2n) is 4.88. The topological polar surface area (TPSA) is 44.5 Å². The highest BCUT2D eigenvalue weighted by atomic mass is 19.1. The summed E-state index contributed by atoms with van der Waals surface area (Å²) in [5.74, 6) is 1.23. The van der Waals surface area contributed by atoms with Crippen molar-refractivity contribution in [3.05, 3.63) is 59.4 Å². The number of ether oxygens (including phenoxy) is 2. The zero-order chi connectivity index (χ0) is 15.2. The van der Waals surface area contributed by atoms with Gasteiger partial charge in [0, 0.05) is 5.92 Å². The minimum Gasteiger partial charge on any atom is -0.493 e. The van der Waals surface area contributed by atoms with Crippen LogP contribution in [0.2, 0.25) is 0 Å². The minimum absolute atomic E-state index is 0.103. The van der Waals surface area contributed by atoms with Gasteiger partial charge in [0.05, 0.1) is 14.2 Å². The second-order valence-corrected chi connectivity index (χ2v) is 4.88. The average molecular weight is 289 g/mol. The molecule has 0 heterocycles. The van der Waals surface area contributed by atoms with Gasteiger partial charge in [0.1, 0.15) is 5.82 Å². The van der Waals surface area contributed by atoms with Crippen LogP contribution in [-0.2, 0) is 6.42 Å². The first-order chi connectivity index (χ1) is 10.2. The van der Waals surface area contributed by atoms with E-state index in [2.05, 4.69) is 0 Å². The average Bonchev–Trinajstić information content (AvgIpc) is 2.52. The Labute approximate surface area is 124 Å². The first-order valence-electron chi connectivity index (χ1n) is 6.84. The van der Waals surface area contributed by atoms with Gasteiger partial charge >= 0.3 is 0 Å². The van der Waals surface area contributed by atoms with E-state index < -0.39 is 0 Å². The maximum absolute atomic E-state index is 13.3. The van der Waals surface area contributed by atoms with Gasteiger partial charge in [0.25, 0.3) is 0 Å². The summed E-state index contributed by atoms with van der Waals surface area (Å²) in [6.07, 6.45) is 0.684. The molecule has 21 heavy (non-hydrogen) atoms. The first kappa shape index (κ1) is 15.3. The number of benzene rings is 2. The largest absolute Gasteiger partial charge is 0.493 e. The zero-order valence-electron chi connectivity index (χ0n) is 12.3. The standard InChI is InChI=1S/C17H20FNO2/c1-20-16-7-6-13(10-17(16)21-2)14(11-19)8-12-4-3-5-15(18)9-12/h3-7,9-10,14H,8,11,19H2,1-2H3. The third kappa shape index (κ3) is 3.73. The first-order valence-corrected chi connectivity index (χ1v) is 6.84. The molecule has 0 aliphatic heterocycles. The molecule has 0 fully saturated rings. The highest BCUT2D eigenvalue weighted by Crippen LogP contribution is 2.31. The van der Waals surface area contributed by atoms with Gasteiger partial charge in [-0.05, 0) is 48.4 Å². The van der Waals surface area contributed by atoms with Crippen molar-refractivity contribution in [1.82, 2.24) is 0 Å². The molecular formula is C17H20FNO2. The number of halogens is 1. The fourth-order valence-electron chi connectivity index (χ4n) is 2.39. The van der Waals surface area contributed by atoms with E-state index in [1.807, 2.05) is 24.3 Å². The lowest BCUT2D eigenvalue weighted by atomic mass is 9.92. The number of hydrogen-bond donors (Lipinski definition) is 1. The molecule has 0 spiro atoms. The molecule has 0 saturated heterocycles. The molecule has 1 unspecified atom stereocenters. The summed E-state index contributed by atoms with van der Waals surface area (Å²) < 4.78 is 23.8. The van der Waals surface area contributed by atoms with Crippen molar-refractivity contribution >= 4 is 0 Å². The van der Waals surface area contributed by atoms with E-state index in [4.69, 9.17) is 15.2 Å². The Morgan fingerprint density at radius 2 is 1.81 bits per heavy atom. The molecule has 0 aliphatic carbocycles. The molecule has 0 radical (unpaired) electrons. The van der Waals surface area contributed by atoms with E-state index in [1.165, 1.54) is 6.07 Å². The Balaban J connectivity index is 2.25. The van der Waals surface area contributed by atoms with Crippen LogP contribution >= 0.6 is 0 Å². The Kier molecular flexibility index (Phi) is 5.17. The van der Waals surface area contributed by atoms with Gasteiger partial charge in [-0.3, -0.25) is 0 Å². The molecule has 2 aromatic rings. The van der Waals surface area contributed by atoms with Crippen LogP contribution in [0.4, 0.5) is 4.39 Å². The van der Waals surface area contributed by atoms with E-state index in [0.717, 1.165) is 11.1 Å². The summed E-state index contributed by atoms with van der Waals surface area (Å²) in [4.78, 5) is 0. The zero-order valence-corrected chi connectivity index (χ0v) is 12.3. The SMILES string of the molecule is COc1ccc(C(CN)Cc2cccc(F)c2)cc1OC. The van der Waals surface area contributed by atoms with Crippen molar-refractivity contribution in [1.29, 1.82) is 0 Å². The summed E-state index contributed by atoms with van der Waals surface area (Å²) in [6.45, 7) is 0.478. The molecule has 112 valence electrons. The van der Waals surface area contributed by atoms with Crippen LogP contribution in [0, 0.1) is 5.82 Å². The third-order valence-electron chi connectivity index (χ3n) is 3.53. The van der Waals surface area contributed by atoms with E-state index in [-0.39, 0.29) is 11.7 Å². The predicted molar refractivity (Wildman–Crippen MR) is 81.4 cm³/mol. The van der Waals surface area contributed by atoms with Gasteiger partial charge < -0.3 is 15.2 Å². The Bertz CT molecular complexity index is 601. The van der Waals surface area contributed by atoms with E-state index in [1.54, 1.807) is 26.4 Å². The molecule has 0 saturated carbocycles. The van der Waals surface area contributed by atoms with Gasteiger partial charge in [0.2, 0.25) is 0 Å². The number of methoxy groups -OCH3 is 2. The molecule has 2 aromatic carbocycles. The summed E-state index contributed by atoms with van der Waals surface area (Å²) in [5.41, 5.74) is 7.87. The van der Waals surface area contributed by atoms with Gasteiger partial charge in [-0.1, -0.05) is 18.2 Å². The molecule has 0 aliphatic rings. The maximum Gasteiger partial charge on any atom is 0.160 e. The highest BCUT2D eigenvalue weighted by molar-refractivity contribution is 5.44. The van der Waals surface area contributed by atoms with Crippen LogP contribution in [0.5, 0.6) is 11.5 Å². The molecule has 2 rings (SSSR count). The predicted octanol–water partition coefficient (Wildman–Crippen LogP) is 3.13. The molecule has 2 N–H and O–H groups in total. The quantitative estimate of drug-likeness (QED) is 0.888. The molecular weight excluding hydrogens is 269 g/mol. The van der Waals surface area contributed by atoms with Crippen LogP contribution < -0.4 is 15.2 Å². The van der Waals surface area contributed by atoms with E-state index in [9.17, 15) is 4.39 Å². The van der Waals surface area contributed by atoms with Crippen molar-refractivity contribution in [2.45, 2.75) is 12.3 Å². The normalized spacial score (nSPS) is 12.0. The molecule has 1 atom stereocenters. The van der Waals surface area contributed by atoms with Crippen LogP contribution in [0.25, 0.3) is 0 Å². The fraction of sp³-hybridized carbons (Fsp3) is 0.294. The number of rotatable bonds is 6. The molecule has 0 aromatic heterocycles. The Hall–Kier alpha value is -2.07. The molecule has 4 heteroatoms. The summed E-state index contributed by atoms with van der Waals surface area (Å²) in [7, 11) is 3.20. The van der Waals surface area contributed by atoms with E-state index >= 15 is 0 Å². The van der Waals surface area contributed by atoms with Crippen molar-refractivity contribution in [2.24, 2.45) is 5.73 Å². The number of hydrogen-bond acceptors (Lipinski definition) is 3. The molecule has 3 nitrogen and oxygen atoms in total. The smallest absolute Gasteiger partial charge is 0.160 e. The van der Waals surface area contributed by atoms with Crippen LogP contribution in [0.3, 0.4) is 0 Å². The monoisotopic (exact) mass is 289 g/mol. The third-order valence-corrected chi connectivity index (χ3v) is 3.53. The van der Waals surface area contributed by atoms with Crippen LogP contribution in [0.1, 0.15) is 17.0 Å². The molecule has 0 bridgehead atoms. The van der Waals surface area contributed by atoms with Gasteiger partial charge in [-0.25, -0.2) is 4.39 Å². The van der Waals surface area contributed by atoms with Crippen LogP contribution in [-0.4, -0.2) is 20.8 Å². The summed E-state index contributed by atoms with van der Waals surface area (Å²) in [6, 6.07) is 12.4. The van der Waals surface area contributed by atoms with Crippen molar-refractivity contribution in [3.8, 4) is 11.5 Å². The van der Waals surface area contributed by atoms with Gasteiger partial charge in [-0.15, -0.1) is 0 Å². The lowest BCUT2D eigenvalue weighted by Gasteiger charge is -2.17. The highest BCUT2D eigenvalue weighted by Gasteiger charge is 2.14. The maximum atomic E-state index is 13.3. The lowest BCUT2D eigenvalue weighted by molar-refractivity contribution is 0.354. The summed E-state index contributed by atoms with van der Waals surface area (Å²) >= 11 is 0. The van der Waals surface area contributed by atoms with Crippen molar-refractivity contribution in [3.63, 3.8) is 0 Å². The Morgan fingerprint density at radius 1 is 1.05 bits per heavy atom. The van der Waals surface area contributed by atoms with Gasteiger partial charge in [0.15, 0.2) is 11.5 Å². The summed E-state index contributed by atoms with van der Waals surface area (Å²) in [5, 5.41) is 0. The second kappa shape index (κ2) is 7.09. The fourth-order valence-corrected chi connectivity index (χ4v) is 2.39. The van der Waals surface area contributed by atoms with Crippen molar-refractivity contribution < 1.29 is 13.9 Å². The molecule has 0 amide bonds. The lowest BCUT2D eigenvalue weighted by Crippen LogP contribution is -2.15. The van der Waals surface area contributed by atoms with Crippen LogP contribution in [0.15, 0.2) is 42.5 Å². The van der Waals surface area contributed by atoms with Gasteiger partial charge in [-0.2, -0.15) is 0 Å². The Morgan fingerprint density at radius 3 is 2.43 bits per heavy atom. The van der Waals surface area contributed by atoms with E-state index in [0.29, 0.717) is 24.5 Å². The minimum atomic E-state index is -0.226. The van der Waals surface area contributed by atoms with Crippen molar-refractivity contribution in [2.75, 3.05) is 20.8 Å². The number of nitrogens with two attached hydrogens (primary N) is 1.